The lowest BCUT2D eigenvalue weighted by Gasteiger charge is -2.08. The summed E-state index contributed by atoms with van der Waals surface area (Å²) in [6, 6.07) is 1.88. The molecule has 1 saturated carbocycles. The second-order valence-corrected chi connectivity index (χ2v) is 8.69. The summed E-state index contributed by atoms with van der Waals surface area (Å²) >= 11 is 1.45. The van der Waals surface area contributed by atoms with E-state index in [1.165, 1.54) is 24.2 Å². The summed E-state index contributed by atoms with van der Waals surface area (Å²) < 4.78 is 26.2. The fourth-order valence-corrected chi connectivity index (χ4v) is 5.50. The van der Waals surface area contributed by atoms with Crippen LogP contribution in [0.1, 0.15) is 31.4 Å². The Morgan fingerprint density at radius 3 is 2.81 bits per heavy atom. The highest BCUT2D eigenvalue weighted by Gasteiger charge is 2.23. The van der Waals surface area contributed by atoms with E-state index < -0.39 is 9.84 Å². The van der Waals surface area contributed by atoms with Gasteiger partial charge in [-0.3, -0.25) is 4.68 Å². The van der Waals surface area contributed by atoms with E-state index in [1.807, 2.05) is 24.7 Å². The minimum Gasteiger partial charge on any atom is -0.275 e. The fraction of sp³-hybridized carbons (Fsp3) is 0.571. The molecule has 1 fully saturated rings. The first-order chi connectivity index (χ1) is 10.0. The van der Waals surface area contributed by atoms with E-state index in [2.05, 4.69) is 10.1 Å². The maximum atomic E-state index is 12.3. The molecule has 5 nitrogen and oxygen atoms in total. The van der Waals surface area contributed by atoms with Crippen LogP contribution in [-0.2, 0) is 22.6 Å². The Hall–Kier alpha value is -1.21. The van der Waals surface area contributed by atoms with Crippen LogP contribution in [-0.4, -0.2) is 28.9 Å². The van der Waals surface area contributed by atoms with E-state index in [4.69, 9.17) is 0 Å². The van der Waals surface area contributed by atoms with Gasteiger partial charge in [0.2, 0.25) is 0 Å². The third-order valence-corrected chi connectivity index (χ3v) is 6.45. The molecule has 21 heavy (non-hydrogen) atoms. The molecule has 0 aliphatic heterocycles. The van der Waals surface area contributed by atoms with E-state index in [1.54, 1.807) is 4.68 Å². The molecular formula is C14H19N3O2S2. The van der Waals surface area contributed by atoms with Crippen LogP contribution >= 0.6 is 11.3 Å². The van der Waals surface area contributed by atoms with Crippen molar-refractivity contribution in [2.45, 2.75) is 31.4 Å². The molecule has 7 heteroatoms. The van der Waals surface area contributed by atoms with Crippen LogP contribution in [0, 0.1) is 5.92 Å². The van der Waals surface area contributed by atoms with Gasteiger partial charge in [0.05, 0.1) is 17.2 Å². The van der Waals surface area contributed by atoms with Gasteiger partial charge in [-0.2, -0.15) is 5.10 Å². The Morgan fingerprint density at radius 2 is 2.14 bits per heavy atom. The molecule has 3 rings (SSSR count). The van der Waals surface area contributed by atoms with Gasteiger partial charge >= 0.3 is 0 Å². The Balaban J connectivity index is 1.68. The summed E-state index contributed by atoms with van der Waals surface area (Å²) in [7, 11) is -1.21. The predicted molar refractivity (Wildman–Crippen MR) is 83.8 cm³/mol. The molecular weight excluding hydrogens is 306 g/mol. The van der Waals surface area contributed by atoms with Crippen molar-refractivity contribution >= 4 is 21.2 Å². The summed E-state index contributed by atoms with van der Waals surface area (Å²) in [4.78, 5) is 4.42. The van der Waals surface area contributed by atoms with E-state index >= 15 is 0 Å². The summed E-state index contributed by atoms with van der Waals surface area (Å²) in [6.07, 6.45) is 6.29. The largest absolute Gasteiger partial charge is 0.275 e. The molecule has 0 radical (unpaired) electrons. The topological polar surface area (TPSA) is 64.8 Å². The van der Waals surface area contributed by atoms with Crippen molar-refractivity contribution < 1.29 is 8.42 Å². The normalized spacial score (nSPS) is 16.6. The van der Waals surface area contributed by atoms with E-state index in [0.29, 0.717) is 17.4 Å². The zero-order valence-corrected chi connectivity index (χ0v) is 13.7. The first-order valence-electron chi connectivity index (χ1n) is 7.17. The van der Waals surface area contributed by atoms with Crippen molar-refractivity contribution in [3.8, 4) is 10.7 Å². The van der Waals surface area contributed by atoms with Crippen LogP contribution in [0.15, 0.2) is 17.6 Å². The van der Waals surface area contributed by atoms with Crippen molar-refractivity contribution in [2.75, 3.05) is 5.75 Å². The Bertz CT molecular complexity index is 712. The lowest BCUT2D eigenvalue weighted by atomic mass is 10.1. The number of aryl methyl sites for hydroxylation is 1. The second-order valence-electron chi connectivity index (χ2n) is 5.72. The summed E-state index contributed by atoms with van der Waals surface area (Å²) in [5.74, 6) is 0.708. The van der Waals surface area contributed by atoms with Crippen molar-refractivity contribution in [3.63, 3.8) is 0 Å². The molecule has 1 aliphatic carbocycles. The quantitative estimate of drug-likeness (QED) is 0.848. The maximum absolute atomic E-state index is 12.3. The van der Waals surface area contributed by atoms with Crippen LogP contribution in [0.5, 0.6) is 0 Å². The van der Waals surface area contributed by atoms with Crippen molar-refractivity contribution in [1.29, 1.82) is 0 Å². The average molecular weight is 325 g/mol. The van der Waals surface area contributed by atoms with E-state index in [0.717, 1.165) is 23.5 Å². The molecule has 0 unspecified atom stereocenters. The highest BCUT2D eigenvalue weighted by Crippen LogP contribution is 2.28. The number of rotatable bonds is 5. The van der Waals surface area contributed by atoms with Gasteiger partial charge in [0.1, 0.15) is 10.7 Å². The molecule has 0 aromatic carbocycles. The van der Waals surface area contributed by atoms with Gasteiger partial charge in [-0.05, 0) is 24.8 Å². The third kappa shape index (κ3) is 3.71. The Kier molecular flexibility index (Phi) is 4.12. The predicted octanol–water partition coefficient (Wildman–Crippen LogP) is 2.65. The van der Waals surface area contributed by atoms with Crippen LogP contribution < -0.4 is 0 Å². The summed E-state index contributed by atoms with van der Waals surface area (Å²) in [6.45, 7) is 0. The molecule has 0 spiro atoms. The summed E-state index contributed by atoms with van der Waals surface area (Å²) in [5, 5.41) is 6.90. The van der Waals surface area contributed by atoms with Crippen LogP contribution in [0.3, 0.4) is 0 Å². The molecule has 2 heterocycles. The van der Waals surface area contributed by atoms with Gasteiger partial charge in [0.25, 0.3) is 0 Å². The van der Waals surface area contributed by atoms with Crippen LogP contribution in [0.25, 0.3) is 10.7 Å². The third-order valence-electron chi connectivity index (χ3n) is 3.82. The van der Waals surface area contributed by atoms with Crippen molar-refractivity contribution in [2.24, 2.45) is 13.0 Å². The lowest BCUT2D eigenvalue weighted by Crippen LogP contribution is -2.16. The fourth-order valence-electron chi connectivity index (χ4n) is 2.84. The van der Waals surface area contributed by atoms with Crippen LogP contribution in [0.2, 0.25) is 0 Å². The first-order valence-corrected chi connectivity index (χ1v) is 9.87. The van der Waals surface area contributed by atoms with Gasteiger partial charge in [0.15, 0.2) is 9.84 Å². The monoisotopic (exact) mass is 325 g/mol. The molecule has 114 valence electrons. The minimum absolute atomic E-state index is 0.0484. The molecule has 0 atom stereocenters. The van der Waals surface area contributed by atoms with Gasteiger partial charge in [-0.25, -0.2) is 13.4 Å². The van der Waals surface area contributed by atoms with E-state index in [-0.39, 0.29) is 5.75 Å². The highest BCUT2D eigenvalue weighted by molar-refractivity contribution is 7.90. The number of aromatic nitrogens is 3. The molecule has 2 aromatic heterocycles. The SMILES string of the molecule is Cn1ccc(-c2nc(CS(=O)(=O)CC3CCCC3)cs2)n1. The lowest BCUT2D eigenvalue weighted by molar-refractivity contribution is 0.558. The number of hydrogen-bond donors (Lipinski definition) is 0. The number of nitrogens with zero attached hydrogens (tertiary/aromatic N) is 3. The molecule has 0 amide bonds. The number of thiazole rings is 1. The van der Waals surface area contributed by atoms with Crippen molar-refractivity contribution in [1.82, 2.24) is 14.8 Å². The van der Waals surface area contributed by atoms with Gasteiger partial charge < -0.3 is 0 Å². The zero-order chi connectivity index (χ0) is 14.9. The molecule has 0 N–H and O–H groups in total. The standard InChI is InChI=1S/C14H19N3O2S2/c1-17-7-6-13(16-17)14-15-12(8-20-14)10-21(18,19)9-11-4-2-3-5-11/h6-8,11H,2-5,9-10H2,1H3. The maximum Gasteiger partial charge on any atom is 0.156 e. The van der Waals surface area contributed by atoms with Crippen LogP contribution in [0.4, 0.5) is 0 Å². The Labute approximate surface area is 128 Å². The zero-order valence-electron chi connectivity index (χ0n) is 12.0. The first kappa shape index (κ1) is 14.7. The van der Waals surface area contributed by atoms with Gasteiger partial charge in [-0.1, -0.05) is 12.8 Å². The number of sulfone groups is 1. The number of hydrogen-bond acceptors (Lipinski definition) is 5. The molecule has 0 saturated heterocycles. The van der Waals surface area contributed by atoms with Crippen molar-refractivity contribution in [3.05, 3.63) is 23.3 Å². The second kappa shape index (κ2) is 5.88. The van der Waals surface area contributed by atoms with Gasteiger partial charge in [0, 0.05) is 18.6 Å². The molecule has 2 aromatic rings. The molecule has 0 bridgehead atoms. The average Bonchev–Trinajstić information content (AvgIpc) is 3.10. The minimum atomic E-state index is -3.06. The highest BCUT2D eigenvalue weighted by atomic mass is 32.2. The Morgan fingerprint density at radius 1 is 1.38 bits per heavy atom. The van der Waals surface area contributed by atoms with Gasteiger partial charge in [-0.15, -0.1) is 11.3 Å². The molecule has 1 aliphatic rings. The smallest absolute Gasteiger partial charge is 0.156 e. The van der Waals surface area contributed by atoms with E-state index in [9.17, 15) is 8.42 Å². The summed E-state index contributed by atoms with van der Waals surface area (Å²) in [5.41, 5.74) is 1.43.